The van der Waals surface area contributed by atoms with E-state index in [4.69, 9.17) is 17.3 Å². The number of hydrogen-bond acceptors (Lipinski definition) is 5. The van der Waals surface area contributed by atoms with Crippen molar-refractivity contribution in [3.63, 3.8) is 0 Å². The fourth-order valence-corrected chi connectivity index (χ4v) is 5.03. The van der Waals surface area contributed by atoms with Crippen molar-refractivity contribution in [3.05, 3.63) is 63.1 Å². The fourth-order valence-electron chi connectivity index (χ4n) is 3.79. The number of halogens is 8. The highest BCUT2D eigenvalue weighted by atomic mass is 35.5. The van der Waals surface area contributed by atoms with Gasteiger partial charge in [0.05, 0.1) is 16.4 Å². The van der Waals surface area contributed by atoms with Gasteiger partial charge in [0.25, 0.3) is 5.91 Å². The third-order valence-corrected chi connectivity index (χ3v) is 7.22. The van der Waals surface area contributed by atoms with Gasteiger partial charge < -0.3 is 11.1 Å². The number of nitrogens with two attached hydrogens (primary N) is 1. The minimum Gasteiger partial charge on any atom is -0.365 e. The van der Waals surface area contributed by atoms with Crippen molar-refractivity contribution in [2.24, 2.45) is 5.73 Å². The van der Waals surface area contributed by atoms with Crippen LogP contribution in [0.1, 0.15) is 39.7 Å². The molecule has 0 bridgehead atoms. The van der Waals surface area contributed by atoms with Crippen LogP contribution in [0, 0.1) is 12.7 Å². The molecule has 39 heavy (non-hydrogen) atoms. The van der Waals surface area contributed by atoms with Crippen LogP contribution in [0.3, 0.4) is 0 Å². The van der Waals surface area contributed by atoms with E-state index >= 15 is 0 Å². The van der Waals surface area contributed by atoms with E-state index in [0.29, 0.717) is 17.4 Å². The molecule has 2 amide bonds. The summed E-state index contributed by atoms with van der Waals surface area (Å²) in [4.78, 5) is 28.3. The third-order valence-electron chi connectivity index (χ3n) is 5.67. The van der Waals surface area contributed by atoms with Gasteiger partial charge in [-0.2, -0.15) is 31.4 Å². The number of hydrogen-bond donors (Lipinski definition) is 2. The Kier molecular flexibility index (Phi) is 7.10. The molecule has 3 aromatic heterocycles. The molecule has 4 rings (SSSR count). The lowest BCUT2D eigenvalue weighted by Crippen LogP contribution is -2.26. The first-order valence-electron chi connectivity index (χ1n) is 10.7. The van der Waals surface area contributed by atoms with Crippen molar-refractivity contribution in [1.82, 2.24) is 14.8 Å². The van der Waals surface area contributed by atoms with E-state index < -0.39 is 52.4 Å². The first-order chi connectivity index (χ1) is 18.0. The summed E-state index contributed by atoms with van der Waals surface area (Å²) in [5.74, 6) is -2.77. The van der Waals surface area contributed by atoms with Gasteiger partial charge in [0.2, 0.25) is 5.91 Å². The van der Waals surface area contributed by atoms with E-state index in [1.54, 1.807) is 0 Å². The molecule has 206 valence electrons. The molecule has 0 fully saturated rings. The van der Waals surface area contributed by atoms with Crippen LogP contribution >= 0.6 is 22.9 Å². The number of carbonyl (C=O) groups is 2. The quantitative estimate of drug-likeness (QED) is 0.255. The van der Waals surface area contributed by atoms with Gasteiger partial charge in [-0.05, 0) is 43.2 Å². The summed E-state index contributed by atoms with van der Waals surface area (Å²) >= 11 is 6.24. The van der Waals surface area contributed by atoms with E-state index in [9.17, 15) is 40.3 Å². The molecule has 0 saturated carbocycles. The second kappa shape index (κ2) is 9.79. The summed E-state index contributed by atoms with van der Waals surface area (Å²) in [5.41, 5.74) is 2.14. The lowest BCUT2D eigenvalue weighted by molar-refractivity contribution is -0.142. The second-order valence-electron chi connectivity index (χ2n) is 8.27. The standard InChI is InChI=1S/C23H15ClF7N5O2S/c1-8-15(24)18(23(29,30)31)35-36(8)9(2)20(38)34-16-14-12(10-3-5-11(25)6-4-10)7-13(22(26,27)28)33-21(14)39-17(16)19(32)37/h3-7,9H,1-2H3,(H2,32,37)(H,34,38). The molecule has 0 aliphatic heterocycles. The Morgan fingerprint density at radius 1 is 1.10 bits per heavy atom. The Morgan fingerprint density at radius 3 is 2.23 bits per heavy atom. The largest absolute Gasteiger partial charge is 0.436 e. The number of amides is 2. The van der Waals surface area contributed by atoms with Gasteiger partial charge in [-0.15, -0.1) is 11.3 Å². The van der Waals surface area contributed by atoms with Crippen molar-refractivity contribution < 1.29 is 40.3 Å². The van der Waals surface area contributed by atoms with Gasteiger partial charge in [0, 0.05) is 5.39 Å². The zero-order valence-electron chi connectivity index (χ0n) is 19.6. The maximum absolute atomic E-state index is 13.6. The van der Waals surface area contributed by atoms with E-state index in [1.807, 2.05) is 0 Å². The van der Waals surface area contributed by atoms with Crippen LogP contribution in [-0.2, 0) is 17.1 Å². The number of pyridine rings is 1. The number of nitrogens with zero attached hydrogens (tertiary/aromatic N) is 3. The van der Waals surface area contributed by atoms with Gasteiger partial charge in [-0.25, -0.2) is 9.37 Å². The van der Waals surface area contributed by atoms with Gasteiger partial charge >= 0.3 is 12.4 Å². The molecule has 0 aliphatic rings. The zero-order chi connectivity index (χ0) is 29.0. The number of anilines is 1. The van der Waals surface area contributed by atoms with Gasteiger partial charge in [0.15, 0.2) is 5.69 Å². The first kappa shape index (κ1) is 28.3. The zero-order valence-corrected chi connectivity index (χ0v) is 21.2. The SMILES string of the molecule is Cc1c(Cl)c(C(F)(F)F)nn1C(C)C(=O)Nc1c(C(N)=O)sc2nc(C(F)(F)F)cc(-c3ccc(F)cc3)c12. The number of rotatable bonds is 5. The number of alkyl halides is 6. The van der Waals surface area contributed by atoms with Crippen LogP contribution in [0.2, 0.25) is 5.02 Å². The predicted octanol–water partition coefficient (Wildman–Crippen LogP) is 6.60. The van der Waals surface area contributed by atoms with Crippen LogP contribution in [0.25, 0.3) is 21.3 Å². The molecular formula is C23H15ClF7N5O2S. The van der Waals surface area contributed by atoms with E-state index in [1.165, 1.54) is 26.0 Å². The molecule has 4 aromatic rings. The second-order valence-corrected chi connectivity index (χ2v) is 9.64. The molecule has 0 radical (unpaired) electrons. The molecule has 1 unspecified atom stereocenters. The molecule has 1 atom stereocenters. The van der Waals surface area contributed by atoms with E-state index in [-0.39, 0.29) is 37.6 Å². The van der Waals surface area contributed by atoms with Crippen molar-refractivity contribution >= 4 is 50.7 Å². The number of fused-ring (bicyclic) bond motifs is 1. The Hall–Kier alpha value is -3.72. The van der Waals surface area contributed by atoms with Crippen LogP contribution in [-0.4, -0.2) is 26.6 Å². The Balaban J connectivity index is 1.89. The molecule has 0 aliphatic carbocycles. The summed E-state index contributed by atoms with van der Waals surface area (Å²) in [7, 11) is 0. The molecule has 1 aromatic carbocycles. The number of benzene rings is 1. The normalized spacial score (nSPS) is 13.1. The summed E-state index contributed by atoms with van der Waals surface area (Å²) < 4.78 is 94.9. The van der Waals surface area contributed by atoms with Gasteiger partial charge in [-0.1, -0.05) is 23.7 Å². The summed E-state index contributed by atoms with van der Waals surface area (Å²) in [6, 6.07) is 3.62. The highest BCUT2D eigenvalue weighted by molar-refractivity contribution is 7.21. The summed E-state index contributed by atoms with van der Waals surface area (Å²) in [5, 5.41) is 4.95. The predicted molar refractivity (Wildman–Crippen MR) is 129 cm³/mol. The Morgan fingerprint density at radius 2 is 1.72 bits per heavy atom. The Labute approximate surface area is 223 Å². The molecular weight excluding hydrogens is 579 g/mol. The number of thiophene rings is 1. The lowest BCUT2D eigenvalue weighted by Gasteiger charge is -2.16. The number of aromatic nitrogens is 3. The molecule has 3 heterocycles. The smallest absolute Gasteiger partial charge is 0.365 e. The van der Waals surface area contributed by atoms with Crippen molar-refractivity contribution in [2.45, 2.75) is 32.2 Å². The summed E-state index contributed by atoms with van der Waals surface area (Å²) in [6.07, 6.45) is -9.80. The molecule has 3 N–H and O–H groups in total. The average molecular weight is 594 g/mol. The minimum absolute atomic E-state index is 0.0937. The van der Waals surface area contributed by atoms with Crippen LogP contribution in [0.4, 0.5) is 36.4 Å². The topological polar surface area (TPSA) is 103 Å². The van der Waals surface area contributed by atoms with Crippen molar-refractivity contribution in [2.75, 3.05) is 5.32 Å². The molecule has 7 nitrogen and oxygen atoms in total. The highest BCUT2D eigenvalue weighted by Crippen LogP contribution is 2.44. The van der Waals surface area contributed by atoms with Crippen molar-refractivity contribution in [1.29, 1.82) is 0 Å². The monoisotopic (exact) mass is 593 g/mol. The van der Waals surface area contributed by atoms with Crippen LogP contribution < -0.4 is 11.1 Å². The summed E-state index contributed by atoms with van der Waals surface area (Å²) in [6.45, 7) is 2.41. The fraction of sp³-hybridized carbons (Fsp3) is 0.217. The highest BCUT2D eigenvalue weighted by Gasteiger charge is 2.40. The number of nitrogens with one attached hydrogen (secondary N) is 1. The Bertz CT molecular complexity index is 1610. The number of primary amides is 1. The average Bonchev–Trinajstić information content (AvgIpc) is 3.35. The first-order valence-corrected chi connectivity index (χ1v) is 11.9. The van der Waals surface area contributed by atoms with Gasteiger partial charge in [-0.3, -0.25) is 14.3 Å². The van der Waals surface area contributed by atoms with Crippen LogP contribution in [0.15, 0.2) is 30.3 Å². The van der Waals surface area contributed by atoms with Crippen LogP contribution in [0.5, 0.6) is 0 Å². The lowest BCUT2D eigenvalue weighted by atomic mass is 10.0. The third kappa shape index (κ3) is 5.28. The van der Waals surface area contributed by atoms with E-state index in [0.717, 1.165) is 16.8 Å². The van der Waals surface area contributed by atoms with E-state index in [2.05, 4.69) is 15.4 Å². The molecule has 0 saturated heterocycles. The molecule has 16 heteroatoms. The minimum atomic E-state index is -4.90. The maximum atomic E-state index is 13.6. The van der Waals surface area contributed by atoms with Gasteiger partial charge in [0.1, 0.15) is 27.3 Å². The number of carbonyl (C=O) groups excluding carboxylic acids is 2. The molecule has 0 spiro atoms. The maximum Gasteiger partial charge on any atom is 0.436 e. The van der Waals surface area contributed by atoms with Crippen molar-refractivity contribution in [3.8, 4) is 11.1 Å².